The molecule has 0 fully saturated rings. The van der Waals surface area contributed by atoms with Crippen LogP contribution < -0.4 is 10.5 Å². The van der Waals surface area contributed by atoms with Crippen molar-refractivity contribution in [2.75, 3.05) is 5.73 Å². The first kappa shape index (κ1) is 13.7. The largest absolute Gasteiger partial charge is 0.396 e. The van der Waals surface area contributed by atoms with E-state index < -0.39 is 21.9 Å². The number of rotatable bonds is 4. The van der Waals surface area contributed by atoms with Crippen molar-refractivity contribution in [1.82, 2.24) is 4.72 Å². The molecule has 0 heterocycles. The highest BCUT2D eigenvalue weighted by molar-refractivity contribution is 7.89. The molecule has 6 heteroatoms. The molecule has 0 spiro atoms. The number of benzene rings is 1. The summed E-state index contributed by atoms with van der Waals surface area (Å²) in [5.74, 6) is -0.627. The van der Waals surface area contributed by atoms with E-state index in [4.69, 9.17) is 5.73 Å². The summed E-state index contributed by atoms with van der Waals surface area (Å²) >= 11 is 0. The molecular formula is C11H15FN2O2S. The van der Waals surface area contributed by atoms with Gasteiger partial charge in [-0.15, -0.1) is 6.58 Å². The average molecular weight is 258 g/mol. The van der Waals surface area contributed by atoms with Gasteiger partial charge in [0.1, 0.15) is 5.82 Å². The fourth-order valence-corrected chi connectivity index (χ4v) is 2.79. The van der Waals surface area contributed by atoms with Crippen LogP contribution in [0.2, 0.25) is 0 Å². The molecule has 0 amide bonds. The molecule has 1 rings (SSSR count). The minimum absolute atomic E-state index is 0.0231. The predicted octanol–water partition coefficient (Wildman–Crippen LogP) is 1.57. The van der Waals surface area contributed by atoms with Crippen LogP contribution in [0.15, 0.2) is 29.7 Å². The van der Waals surface area contributed by atoms with E-state index in [1.54, 1.807) is 6.92 Å². The molecule has 0 bridgehead atoms. The highest BCUT2D eigenvalue weighted by atomic mass is 32.2. The van der Waals surface area contributed by atoms with Crippen molar-refractivity contribution in [3.8, 4) is 0 Å². The zero-order chi connectivity index (χ0) is 13.2. The molecule has 0 radical (unpaired) electrons. The van der Waals surface area contributed by atoms with E-state index in [0.29, 0.717) is 5.56 Å². The Bertz CT molecular complexity index is 541. The SMILES string of the molecule is C=CC(C)NS(=O)(=O)c1cc(N)c(F)cc1C. The first-order valence-electron chi connectivity index (χ1n) is 4.98. The van der Waals surface area contributed by atoms with E-state index in [2.05, 4.69) is 11.3 Å². The maximum Gasteiger partial charge on any atom is 0.241 e. The molecule has 0 aromatic heterocycles. The highest BCUT2D eigenvalue weighted by Gasteiger charge is 2.19. The van der Waals surface area contributed by atoms with Crippen molar-refractivity contribution < 1.29 is 12.8 Å². The number of halogens is 1. The topological polar surface area (TPSA) is 72.2 Å². The van der Waals surface area contributed by atoms with E-state index in [1.807, 2.05) is 0 Å². The van der Waals surface area contributed by atoms with Crippen LogP contribution in [0.5, 0.6) is 0 Å². The van der Waals surface area contributed by atoms with Gasteiger partial charge >= 0.3 is 0 Å². The zero-order valence-electron chi connectivity index (χ0n) is 9.70. The molecule has 0 aliphatic carbocycles. The standard InChI is InChI=1S/C11H15FN2O2S/c1-4-8(3)14-17(15,16)11-6-10(13)9(12)5-7(11)2/h4-6,8,14H,1,13H2,2-3H3. The smallest absolute Gasteiger partial charge is 0.241 e. The van der Waals surface area contributed by atoms with E-state index in [0.717, 1.165) is 12.1 Å². The Hall–Kier alpha value is -1.40. The van der Waals surface area contributed by atoms with Crippen LogP contribution in [0.1, 0.15) is 12.5 Å². The first-order valence-corrected chi connectivity index (χ1v) is 6.46. The normalized spacial score (nSPS) is 13.4. The van der Waals surface area contributed by atoms with Crippen LogP contribution in [0.4, 0.5) is 10.1 Å². The van der Waals surface area contributed by atoms with Gasteiger partial charge in [0.05, 0.1) is 10.6 Å². The molecule has 1 aromatic carbocycles. The third-order valence-electron chi connectivity index (χ3n) is 2.28. The molecule has 1 atom stereocenters. The van der Waals surface area contributed by atoms with Crippen molar-refractivity contribution in [3.05, 3.63) is 36.2 Å². The Labute approximate surface area is 100 Å². The fraction of sp³-hybridized carbons (Fsp3) is 0.273. The lowest BCUT2D eigenvalue weighted by molar-refractivity contribution is 0.574. The van der Waals surface area contributed by atoms with Crippen molar-refractivity contribution in [2.45, 2.75) is 24.8 Å². The quantitative estimate of drug-likeness (QED) is 0.636. The molecule has 1 unspecified atom stereocenters. The number of hydrogen-bond donors (Lipinski definition) is 2. The van der Waals surface area contributed by atoms with Crippen LogP contribution in [0, 0.1) is 12.7 Å². The summed E-state index contributed by atoms with van der Waals surface area (Å²) in [6.07, 6.45) is 1.46. The Morgan fingerprint density at radius 2 is 2.12 bits per heavy atom. The number of nitrogens with one attached hydrogen (secondary N) is 1. The summed E-state index contributed by atoms with van der Waals surface area (Å²) in [5, 5.41) is 0. The van der Waals surface area contributed by atoms with E-state index in [1.165, 1.54) is 13.0 Å². The second-order valence-electron chi connectivity index (χ2n) is 3.78. The molecular weight excluding hydrogens is 243 g/mol. The lowest BCUT2D eigenvalue weighted by Crippen LogP contribution is -2.31. The maximum atomic E-state index is 13.1. The number of nitrogens with two attached hydrogens (primary N) is 1. The Kier molecular flexibility index (Phi) is 3.90. The summed E-state index contributed by atoms with van der Waals surface area (Å²) in [5.41, 5.74) is 5.48. The van der Waals surface area contributed by atoms with Crippen molar-refractivity contribution >= 4 is 15.7 Å². The van der Waals surface area contributed by atoms with Gasteiger partial charge in [0, 0.05) is 6.04 Å². The average Bonchev–Trinajstić information content (AvgIpc) is 2.22. The number of sulfonamides is 1. The van der Waals surface area contributed by atoms with E-state index >= 15 is 0 Å². The summed E-state index contributed by atoms with van der Waals surface area (Å²) in [4.78, 5) is -0.0231. The highest BCUT2D eigenvalue weighted by Crippen LogP contribution is 2.21. The van der Waals surface area contributed by atoms with Crippen molar-refractivity contribution in [3.63, 3.8) is 0 Å². The van der Waals surface area contributed by atoms with Gasteiger partial charge in [-0.05, 0) is 31.5 Å². The van der Waals surface area contributed by atoms with Crippen LogP contribution >= 0.6 is 0 Å². The zero-order valence-corrected chi connectivity index (χ0v) is 10.5. The number of anilines is 1. The third-order valence-corrected chi connectivity index (χ3v) is 3.98. The second kappa shape index (κ2) is 4.85. The van der Waals surface area contributed by atoms with Gasteiger partial charge in [0.15, 0.2) is 0 Å². The number of hydrogen-bond acceptors (Lipinski definition) is 3. The van der Waals surface area contributed by atoms with E-state index in [9.17, 15) is 12.8 Å². The molecule has 0 aliphatic heterocycles. The fourth-order valence-electron chi connectivity index (χ4n) is 1.31. The molecule has 4 nitrogen and oxygen atoms in total. The Morgan fingerprint density at radius 1 is 1.53 bits per heavy atom. The van der Waals surface area contributed by atoms with Gasteiger partial charge in [-0.25, -0.2) is 17.5 Å². The maximum absolute atomic E-state index is 13.1. The monoisotopic (exact) mass is 258 g/mol. The molecule has 0 aliphatic rings. The molecule has 17 heavy (non-hydrogen) atoms. The van der Waals surface area contributed by atoms with Gasteiger partial charge < -0.3 is 5.73 Å². The van der Waals surface area contributed by atoms with Crippen LogP contribution in [0.3, 0.4) is 0 Å². The first-order chi connectivity index (χ1) is 7.77. The predicted molar refractivity (Wildman–Crippen MR) is 65.5 cm³/mol. The van der Waals surface area contributed by atoms with Crippen LogP contribution in [-0.2, 0) is 10.0 Å². The molecule has 0 saturated heterocycles. The summed E-state index contributed by atoms with van der Waals surface area (Å²) in [6, 6.07) is 1.80. The Balaban J connectivity index is 3.24. The summed E-state index contributed by atoms with van der Waals surface area (Å²) < 4.78 is 39.4. The van der Waals surface area contributed by atoms with Crippen LogP contribution in [-0.4, -0.2) is 14.5 Å². The summed E-state index contributed by atoms with van der Waals surface area (Å²) in [6.45, 7) is 6.64. The van der Waals surface area contributed by atoms with Gasteiger partial charge in [0.2, 0.25) is 10.0 Å². The van der Waals surface area contributed by atoms with Crippen molar-refractivity contribution in [2.24, 2.45) is 0 Å². The Morgan fingerprint density at radius 3 is 2.65 bits per heavy atom. The van der Waals surface area contributed by atoms with E-state index in [-0.39, 0.29) is 10.6 Å². The molecule has 94 valence electrons. The van der Waals surface area contributed by atoms with Gasteiger partial charge in [-0.1, -0.05) is 6.08 Å². The van der Waals surface area contributed by atoms with Gasteiger partial charge in [0.25, 0.3) is 0 Å². The molecule has 0 saturated carbocycles. The minimum Gasteiger partial charge on any atom is -0.396 e. The summed E-state index contributed by atoms with van der Waals surface area (Å²) in [7, 11) is -3.71. The molecule has 1 aromatic rings. The second-order valence-corrected chi connectivity index (χ2v) is 5.47. The van der Waals surface area contributed by atoms with Gasteiger partial charge in [-0.2, -0.15) is 0 Å². The minimum atomic E-state index is -3.71. The number of aryl methyl sites for hydroxylation is 1. The lowest BCUT2D eigenvalue weighted by Gasteiger charge is -2.13. The third kappa shape index (κ3) is 3.04. The molecule has 3 N–H and O–H groups in total. The lowest BCUT2D eigenvalue weighted by atomic mass is 10.2. The van der Waals surface area contributed by atoms with Gasteiger partial charge in [-0.3, -0.25) is 0 Å². The van der Waals surface area contributed by atoms with Crippen molar-refractivity contribution in [1.29, 1.82) is 0 Å². The number of nitrogen functional groups attached to an aromatic ring is 1. The van der Waals surface area contributed by atoms with Crippen LogP contribution in [0.25, 0.3) is 0 Å².